The van der Waals surface area contributed by atoms with E-state index in [0.717, 1.165) is 12.2 Å². The molecule has 0 aliphatic heterocycles. The first-order valence-corrected chi connectivity index (χ1v) is 4.18. The van der Waals surface area contributed by atoms with Gasteiger partial charge in [-0.25, -0.2) is 0 Å². The van der Waals surface area contributed by atoms with Crippen molar-refractivity contribution in [3.8, 4) is 0 Å². The predicted molar refractivity (Wildman–Crippen MR) is 51.7 cm³/mol. The minimum atomic E-state index is -1.23. The Bertz CT molecular complexity index is 219. The smallest absolute Gasteiger partial charge is 0.157 e. The number of hydrogen-bond donors (Lipinski definition) is 2. The van der Waals surface area contributed by atoms with Crippen LogP contribution in [-0.4, -0.2) is 34.0 Å². The summed E-state index contributed by atoms with van der Waals surface area (Å²) in [6.07, 6.45) is -0.797. The summed E-state index contributed by atoms with van der Waals surface area (Å²) in [7, 11) is 0. The van der Waals surface area contributed by atoms with Crippen LogP contribution in [0.1, 0.15) is 12.8 Å². The molecule has 4 nitrogen and oxygen atoms in total. The molecule has 0 heterocycles. The van der Waals surface area contributed by atoms with Crippen LogP contribution in [0.2, 0.25) is 0 Å². The first-order chi connectivity index (χ1) is 6.51. The van der Waals surface area contributed by atoms with Crippen LogP contribution in [0, 0.1) is 0 Å². The molecule has 4 heteroatoms. The van der Waals surface area contributed by atoms with Gasteiger partial charge in [0.15, 0.2) is 11.6 Å². The zero-order valence-electron chi connectivity index (χ0n) is 7.85. The van der Waals surface area contributed by atoms with Gasteiger partial charge < -0.3 is 10.2 Å². The predicted octanol–water partition coefficient (Wildman–Crippen LogP) is -0.00140. The maximum atomic E-state index is 10.8. The molecule has 0 rings (SSSR count). The first kappa shape index (κ1) is 12.7. The lowest BCUT2D eigenvalue weighted by Crippen LogP contribution is -2.29. The Kier molecular flexibility index (Phi) is 5.67. The van der Waals surface area contributed by atoms with Crippen LogP contribution in [0.15, 0.2) is 25.3 Å². The summed E-state index contributed by atoms with van der Waals surface area (Å²) in [5.74, 6) is -0.745. The van der Waals surface area contributed by atoms with E-state index >= 15 is 0 Å². The highest BCUT2D eigenvalue weighted by atomic mass is 16.3. The van der Waals surface area contributed by atoms with Gasteiger partial charge in [-0.2, -0.15) is 0 Å². The lowest BCUT2D eigenvalue weighted by molar-refractivity contribution is -0.122. The SMILES string of the molecule is C=CC(=O)CC(O)C(O)CC(=O)C=C. The summed E-state index contributed by atoms with van der Waals surface area (Å²) in [4.78, 5) is 21.6. The van der Waals surface area contributed by atoms with Gasteiger partial charge >= 0.3 is 0 Å². The number of carbonyl (C=O) groups is 2. The standard InChI is InChI=1S/C10H14O4/c1-3-7(11)5-9(13)10(14)6-8(12)4-2/h3-4,9-10,13-14H,1-2,5-6H2. The van der Waals surface area contributed by atoms with Gasteiger partial charge in [-0.3, -0.25) is 9.59 Å². The summed E-state index contributed by atoms with van der Waals surface area (Å²) < 4.78 is 0. The third kappa shape index (κ3) is 4.69. The van der Waals surface area contributed by atoms with E-state index in [-0.39, 0.29) is 24.4 Å². The molecule has 14 heavy (non-hydrogen) atoms. The van der Waals surface area contributed by atoms with Crippen molar-refractivity contribution in [2.75, 3.05) is 0 Å². The Labute approximate surface area is 82.6 Å². The third-order valence-corrected chi connectivity index (χ3v) is 1.72. The molecule has 0 radical (unpaired) electrons. The second-order valence-electron chi connectivity index (χ2n) is 2.88. The Morgan fingerprint density at radius 1 is 1.00 bits per heavy atom. The van der Waals surface area contributed by atoms with Gasteiger partial charge in [-0.05, 0) is 12.2 Å². The zero-order chi connectivity index (χ0) is 11.1. The number of allylic oxidation sites excluding steroid dienone is 2. The fourth-order valence-corrected chi connectivity index (χ4v) is 0.851. The van der Waals surface area contributed by atoms with Crippen LogP contribution >= 0.6 is 0 Å². The summed E-state index contributed by atoms with van der Waals surface area (Å²) in [5.41, 5.74) is 0. The molecule has 78 valence electrons. The monoisotopic (exact) mass is 198 g/mol. The fourth-order valence-electron chi connectivity index (χ4n) is 0.851. The number of ketones is 2. The number of rotatable bonds is 7. The molecule has 0 bridgehead atoms. The molecule has 0 aliphatic carbocycles. The molecule has 0 aromatic carbocycles. The van der Waals surface area contributed by atoms with E-state index in [1.54, 1.807) is 0 Å². The molecule has 0 saturated carbocycles. The molecule has 0 aliphatic rings. The zero-order valence-corrected chi connectivity index (χ0v) is 7.85. The van der Waals surface area contributed by atoms with Crippen molar-refractivity contribution in [1.29, 1.82) is 0 Å². The number of hydrogen-bond acceptors (Lipinski definition) is 4. The van der Waals surface area contributed by atoms with Gasteiger partial charge in [-0.1, -0.05) is 13.2 Å². The Balaban J connectivity index is 4.04. The van der Waals surface area contributed by atoms with Crippen molar-refractivity contribution in [3.05, 3.63) is 25.3 Å². The van der Waals surface area contributed by atoms with Crippen molar-refractivity contribution >= 4 is 11.6 Å². The van der Waals surface area contributed by atoms with E-state index in [4.69, 9.17) is 0 Å². The average molecular weight is 198 g/mol. The molecule has 0 saturated heterocycles. The topological polar surface area (TPSA) is 74.6 Å². The summed E-state index contributed by atoms with van der Waals surface area (Å²) >= 11 is 0. The number of aliphatic hydroxyl groups is 2. The second-order valence-corrected chi connectivity index (χ2v) is 2.88. The van der Waals surface area contributed by atoms with Crippen molar-refractivity contribution < 1.29 is 19.8 Å². The van der Waals surface area contributed by atoms with E-state index in [0.29, 0.717) is 0 Å². The van der Waals surface area contributed by atoms with Crippen LogP contribution in [0.25, 0.3) is 0 Å². The Morgan fingerprint density at radius 3 is 1.50 bits per heavy atom. The van der Waals surface area contributed by atoms with Crippen molar-refractivity contribution in [3.63, 3.8) is 0 Å². The molecule has 2 N–H and O–H groups in total. The van der Waals surface area contributed by atoms with E-state index in [2.05, 4.69) is 13.2 Å². The lowest BCUT2D eigenvalue weighted by atomic mass is 10.0. The van der Waals surface area contributed by atoms with Gasteiger partial charge in [-0.15, -0.1) is 0 Å². The molecular weight excluding hydrogens is 184 g/mol. The first-order valence-electron chi connectivity index (χ1n) is 4.18. The quantitative estimate of drug-likeness (QED) is 0.564. The van der Waals surface area contributed by atoms with Gasteiger partial charge in [0.2, 0.25) is 0 Å². The molecule has 0 aromatic heterocycles. The summed E-state index contributed by atoms with van der Waals surface area (Å²) in [5, 5.41) is 18.5. The molecular formula is C10H14O4. The highest BCUT2D eigenvalue weighted by Crippen LogP contribution is 2.05. The minimum Gasteiger partial charge on any atom is -0.390 e. The molecule has 0 fully saturated rings. The van der Waals surface area contributed by atoms with Crippen molar-refractivity contribution in [1.82, 2.24) is 0 Å². The molecule has 2 atom stereocenters. The largest absolute Gasteiger partial charge is 0.390 e. The van der Waals surface area contributed by atoms with E-state index in [9.17, 15) is 19.8 Å². The number of carbonyl (C=O) groups excluding carboxylic acids is 2. The van der Waals surface area contributed by atoms with Crippen LogP contribution in [0.5, 0.6) is 0 Å². The average Bonchev–Trinajstić information content (AvgIpc) is 2.17. The maximum absolute atomic E-state index is 10.8. The van der Waals surface area contributed by atoms with Crippen molar-refractivity contribution in [2.24, 2.45) is 0 Å². The highest BCUT2D eigenvalue weighted by molar-refractivity contribution is 5.90. The maximum Gasteiger partial charge on any atom is 0.157 e. The summed E-state index contributed by atoms with van der Waals surface area (Å²) in [6.45, 7) is 6.45. The molecule has 2 unspecified atom stereocenters. The lowest BCUT2D eigenvalue weighted by Gasteiger charge is -2.14. The van der Waals surface area contributed by atoms with Crippen molar-refractivity contribution in [2.45, 2.75) is 25.0 Å². The van der Waals surface area contributed by atoms with E-state index in [1.807, 2.05) is 0 Å². The van der Waals surface area contributed by atoms with Gasteiger partial charge in [0.25, 0.3) is 0 Å². The molecule has 0 amide bonds. The summed E-state index contributed by atoms with van der Waals surface area (Å²) in [6, 6.07) is 0. The van der Waals surface area contributed by atoms with Crippen LogP contribution in [0.3, 0.4) is 0 Å². The Hall–Kier alpha value is -1.26. The van der Waals surface area contributed by atoms with Gasteiger partial charge in [0.05, 0.1) is 12.2 Å². The van der Waals surface area contributed by atoms with Gasteiger partial charge in [0, 0.05) is 12.8 Å². The van der Waals surface area contributed by atoms with E-state index in [1.165, 1.54) is 0 Å². The van der Waals surface area contributed by atoms with Crippen LogP contribution in [0.4, 0.5) is 0 Å². The van der Waals surface area contributed by atoms with Crippen LogP contribution < -0.4 is 0 Å². The second kappa shape index (κ2) is 6.23. The van der Waals surface area contributed by atoms with E-state index < -0.39 is 12.2 Å². The third-order valence-electron chi connectivity index (χ3n) is 1.72. The van der Waals surface area contributed by atoms with Crippen LogP contribution in [-0.2, 0) is 9.59 Å². The fraction of sp³-hybridized carbons (Fsp3) is 0.400. The van der Waals surface area contributed by atoms with Gasteiger partial charge in [0.1, 0.15) is 0 Å². The Morgan fingerprint density at radius 2 is 1.29 bits per heavy atom. The molecule has 0 aromatic rings. The normalized spacial score (nSPS) is 14.1. The number of aliphatic hydroxyl groups excluding tert-OH is 2. The minimum absolute atomic E-state index is 0.227. The molecule has 0 spiro atoms. The highest BCUT2D eigenvalue weighted by Gasteiger charge is 2.20.